The van der Waals surface area contributed by atoms with E-state index in [1.807, 2.05) is 0 Å². The van der Waals surface area contributed by atoms with Crippen molar-refractivity contribution in [3.05, 3.63) is 70.6 Å². The molecule has 5 nitrogen and oxygen atoms in total. The van der Waals surface area contributed by atoms with Crippen molar-refractivity contribution in [1.29, 1.82) is 0 Å². The standard InChI is InChI=1S/C27H26F4N2O3S/c1-2-36-23(34)14-16-6-8-18(9-7-16)26-32-15-22(37-26)17-10-12-19(13-11-17)33-25(35)24-20(27(29,30)31)4-3-5-21(24)28/h3-5,10-13,15-16,18H,2,6-9,14H2,1H3,(H,33,35). The Morgan fingerprint density at radius 2 is 1.78 bits per heavy atom. The average Bonchev–Trinajstić information content (AvgIpc) is 3.34. The highest BCUT2D eigenvalue weighted by atomic mass is 32.1. The van der Waals surface area contributed by atoms with Crippen molar-refractivity contribution in [2.24, 2.45) is 5.92 Å². The van der Waals surface area contributed by atoms with Gasteiger partial charge in [0.15, 0.2) is 0 Å². The molecule has 1 N–H and O–H groups in total. The molecule has 196 valence electrons. The van der Waals surface area contributed by atoms with E-state index in [0.717, 1.165) is 53.3 Å². The lowest BCUT2D eigenvalue weighted by atomic mass is 9.81. The van der Waals surface area contributed by atoms with Crippen molar-refractivity contribution in [3.8, 4) is 10.4 Å². The Bertz CT molecular complexity index is 1250. The van der Waals surface area contributed by atoms with Crippen molar-refractivity contribution in [3.63, 3.8) is 0 Å². The minimum Gasteiger partial charge on any atom is -0.466 e. The van der Waals surface area contributed by atoms with E-state index in [2.05, 4.69) is 10.3 Å². The quantitative estimate of drug-likeness (QED) is 0.253. The third-order valence-corrected chi connectivity index (χ3v) is 7.66. The summed E-state index contributed by atoms with van der Waals surface area (Å²) in [5, 5.41) is 3.38. The number of thiazole rings is 1. The topological polar surface area (TPSA) is 68.3 Å². The van der Waals surface area contributed by atoms with Crippen molar-refractivity contribution >= 4 is 28.9 Å². The molecule has 1 fully saturated rings. The maximum atomic E-state index is 14.1. The molecule has 1 amide bonds. The Hall–Kier alpha value is -3.27. The number of carbonyl (C=O) groups excluding carboxylic acids is 2. The second-order valence-corrected chi connectivity index (χ2v) is 10.0. The largest absolute Gasteiger partial charge is 0.466 e. The van der Waals surface area contributed by atoms with Gasteiger partial charge in [-0.2, -0.15) is 13.2 Å². The fraction of sp³-hybridized carbons (Fsp3) is 0.370. The number of amides is 1. The van der Waals surface area contributed by atoms with Crippen LogP contribution in [-0.2, 0) is 15.7 Å². The van der Waals surface area contributed by atoms with Crippen LogP contribution in [-0.4, -0.2) is 23.5 Å². The molecule has 0 unspecified atom stereocenters. The zero-order chi connectivity index (χ0) is 26.6. The molecule has 1 aromatic heterocycles. The molecule has 0 saturated heterocycles. The Kier molecular flexibility index (Phi) is 8.26. The summed E-state index contributed by atoms with van der Waals surface area (Å²) in [6, 6.07) is 8.99. The van der Waals surface area contributed by atoms with Crippen LogP contribution in [0.3, 0.4) is 0 Å². The van der Waals surface area contributed by atoms with Gasteiger partial charge in [-0.3, -0.25) is 9.59 Å². The van der Waals surface area contributed by atoms with Crippen LogP contribution in [0.2, 0.25) is 0 Å². The summed E-state index contributed by atoms with van der Waals surface area (Å²) in [5.74, 6) is -1.88. The number of aromatic nitrogens is 1. The number of carbonyl (C=O) groups is 2. The van der Waals surface area contributed by atoms with E-state index in [1.54, 1.807) is 48.7 Å². The number of nitrogens with one attached hydrogen (secondary N) is 1. The lowest BCUT2D eigenvalue weighted by Gasteiger charge is -2.26. The van der Waals surface area contributed by atoms with Crippen molar-refractivity contribution in [2.75, 3.05) is 11.9 Å². The molecule has 0 atom stereocenters. The minimum absolute atomic E-state index is 0.142. The molecule has 2 aromatic carbocycles. The van der Waals surface area contributed by atoms with Gasteiger partial charge in [-0.05, 0) is 68.4 Å². The van der Waals surface area contributed by atoms with E-state index >= 15 is 0 Å². The summed E-state index contributed by atoms with van der Waals surface area (Å²) in [4.78, 5) is 29.7. The molecule has 0 radical (unpaired) electrons. The van der Waals surface area contributed by atoms with Crippen molar-refractivity contribution in [2.45, 2.75) is 51.1 Å². The zero-order valence-electron chi connectivity index (χ0n) is 20.1. The second kappa shape index (κ2) is 11.4. The monoisotopic (exact) mass is 534 g/mol. The molecule has 0 spiro atoms. The van der Waals surface area contributed by atoms with Gasteiger partial charge in [-0.25, -0.2) is 9.37 Å². The summed E-state index contributed by atoms with van der Waals surface area (Å²) in [6.07, 6.45) is 1.20. The van der Waals surface area contributed by atoms with Crippen LogP contribution in [0.4, 0.5) is 23.2 Å². The summed E-state index contributed by atoms with van der Waals surface area (Å²) in [6.45, 7) is 2.20. The molecular formula is C27H26F4N2O3S. The van der Waals surface area contributed by atoms with Gasteiger partial charge in [0.1, 0.15) is 5.82 Å². The molecule has 10 heteroatoms. The van der Waals surface area contributed by atoms with Gasteiger partial charge >= 0.3 is 12.1 Å². The predicted octanol–water partition coefficient (Wildman–Crippen LogP) is 7.45. The number of alkyl halides is 3. The van der Waals surface area contributed by atoms with Crippen LogP contribution >= 0.6 is 11.3 Å². The summed E-state index contributed by atoms with van der Waals surface area (Å²) in [5.41, 5.74) is -1.27. The summed E-state index contributed by atoms with van der Waals surface area (Å²) >= 11 is 1.57. The van der Waals surface area contributed by atoms with Gasteiger partial charge in [0, 0.05) is 24.2 Å². The van der Waals surface area contributed by atoms with Crippen molar-refractivity contribution < 1.29 is 31.9 Å². The van der Waals surface area contributed by atoms with Crippen LogP contribution in [0.5, 0.6) is 0 Å². The number of esters is 1. The van der Waals surface area contributed by atoms with E-state index in [1.165, 1.54) is 0 Å². The number of halogens is 4. The molecule has 3 aromatic rings. The van der Waals surface area contributed by atoms with Gasteiger partial charge in [-0.1, -0.05) is 18.2 Å². The normalized spacial score (nSPS) is 17.9. The number of ether oxygens (including phenoxy) is 1. The first kappa shape index (κ1) is 26.8. The van der Waals surface area contributed by atoms with Crippen LogP contribution in [0, 0.1) is 11.7 Å². The molecule has 0 aliphatic heterocycles. The van der Waals surface area contributed by atoms with Crippen LogP contribution in [0.15, 0.2) is 48.7 Å². The third-order valence-electron chi connectivity index (χ3n) is 6.45. The van der Waals surface area contributed by atoms with Crippen LogP contribution in [0.1, 0.15) is 65.9 Å². The number of rotatable bonds is 7. The van der Waals surface area contributed by atoms with Crippen LogP contribution < -0.4 is 5.32 Å². The number of anilines is 1. The van der Waals surface area contributed by atoms with Gasteiger partial charge in [0.2, 0.25) is 0 Å². The lowest BCUT2D eigenvalue weighted by molar-refractivity contribution is -0.144. The molecule has 4 rings (SSSR count). The first-order chi connectivity index (χ1) is 17.7. The Morgan fingerprint density at radius 3 is 2.43 bits per heavy atom. The minimum atomic E-state index is -4.86. The van der Waals surface area contributed by atoms with E-state index in [-0.39, 0.29) is 11.7 Å². The number of hydrogen-bond acceptors (Lipinski definition) is 5. The predicted molar refractivity (Wildman–Crippen MR) is 133 cm³/mol. The molecule has 1 aliphatic carbocycles. The molecule has 1 heterocycles. The highest BCUT2D eigenvalue weighted by Crippen LogP contribution is 2.40. The van der Waals surface area contributed by atoms with Gasteiger partial charge < -0.3 is 10.1 Å². The molecule has 0 bridgehead atoms. The molecule has 37 heavy (non-hydrogen) atoms. The van der Waals surface area contributed by atoms with Gasteiger partial charge in [0.25, 0.3) is 5.91 Å². The second-order valence-electron chi connectivity index (χ2n) is 8.98. The number of hydrogen-bond donors (Lipinski definition) is 1. The van der Waals surface area contributed by atoms with Gasteiger partial charge in [-0.15, -0.1) is 11.3 Å². The number of benzene rings is 2. The highest BCUT2D eigenvalue weighted by molar-refractivity contribution is 7.15. The number of nitrogens with zero attached hydrogens (tertiary/aromatic N) is 1. The first-order valence-corrected chi connectivity index (χ1v) is 12.9. The first-order valence-electron chi connectivity index (χ1n) is 12.0. The lowest BCUT2D eigenvalue weighted by Crippen LogP contribution is -2.20. The third kappa shape index (κ3) is 6.54. The van der Waals surface area contributed by atoms with Crippen LogP contribution in [0.25, 0.3) is 10.4 Å². The van der Waals surface area contributed by atoms with E-state index in [4.69, 9.17) is 4.74 Å². The zero-order valence-corrected chi connectivity index (χ0v) is 20.9. The smallest absolute Gasteiger partial charge is 0.417 e. The van der Waals surface area contributed by atoms with Crippen molar-refractivity contribution in [1.82, 2.24) is 4.98 Å². The molecule has 1 saturated carbocycles. The maximum Gasteiger partial charge on any atom is 0.417 e. The highest BCUT2D eigenvalue weighted by Gasteiger charge is 2.36. The maximum absolute atomic E-state index is 14.1. The Labute approximate surface area is 215 Å². The SMILES string of the molecule is CCOC(=O)CC1CCC(c2ncc(-c3ccc(NC(=O)c4c(F)cccc4C(F)(F)F)cc3)s2)CC1. The molecule has 1 aliphatic rings. The Morgan fingerprint density at radius 1 is 1.08 bits per heavy atom. The van der Waals surface area contributed by atoms with E-state index in [0.29, 0.717) is 30.9 Å². The van der Waals surface area contributed by atoms with E-state index < -0.39 is 29.0 Å². The molecular weight excluding hydrogens is 508 g/mol. The average molecular weight is 535 g/mol. The Balaban J connectivity index is 1.38. The summed E-state index contributed by atoms with van der Waals surface area (Å²) in [7, 11) is 0. The van der Waals surface area contributed by atoms with Gasteiger partial charge in [0.05, 0.1) is 27.6 Å². The summed E-state index contributed by atoms with van der Waals surface area (Å²) < 4.78 is 58.8. The fourth-order valence-electron chi connectivity index (χ4n) is 4.58. The fourth-order valence-corrected chi connectivity index (χ4v) is 5.67. The van der Waals surface area contributed by atoms with E-state index in [9.17, 15) is 27.2 Å².